The van der Waals surface area contributed by atoms with Crippen molar-refractivity contribution in [3.05, 3.63) is 231 Å². The zero-order valence-corrected chi connectivity index (χ0v) is 33.6. The molecule has 0 saturated carbocycles. The van der Waals surface area contributed by atoms with E-state index in [1.54, 1.807) is 0 Å². The molecular weight excluding hydrogens is 757 g/mol. The zero-order valence-electron chi connectivity index (χ0n) is 33.6. The summed E-state index contributed by atoms with van der Waals surface area (Å²) >= 11 is 0. The van der Waals surface area contributed by atoms with Gasteiger partial charge < -0.3 is 9.32 Å². The Morgan fingerprint density at radius 3 is 1.37 bits per heavy atom. The summed E-state index contributed by atoms with van der Waals surface area (Å²) in [6, 6.07) is 80.1. The maximum Gasteiger partial charge on any atom is 0.164 e. The van der Waals surface area contributed by atoms with Crippen LogP contribution in [0.5, 0.6) is 0 Å². The fourth-order valence-electron chi connectivity index (χ4n) is 8.36. The lowest BCUT2D eigenvalue weighted by Gasteiger charge is -2.29. The second-order valence-electron chi connectivity index (χ2n) is 15.2. The predicted molar refractivity (Wildman–Crippen MR) is 254 cm³/mol. The molecule has 292 valence electrons. The molecule has 0 unspecified atom stereocenters. The van der Waals surface area contributed by atoms with Crippen LogP contribution in [0.2, 0.25) is 0 Å². The van der Waals surface area contributed by atoms with Gasteiger partial charge in [0.05, 0.1) is 5.69 Å². The quantitative estimate of drug-likeness (QED) is 0.146. The van der Waals surface area contributed by atoms with E-state index in [0.29, 0.717) is 17.5 Å². The van der Waals surface area contributed by atoms with Crippen molar-refractivity contribution in [1.82, 2.24) is 15.0 Å². The summed E-state index contributed by atoms with van der Waals surface area (Å²) in [7, 11) is 0. The van der Waals surface area contributed by atoms with Gasteiger partial charge in [0, 0.05) is 44.4 Å². The molecule has 0 bridgehead atoms. The van der Waals surface area contributed by atoms with Crippen LogP contribution >= 0.6 is 0 Å². The molecule has 9 aromatic carbocycles. The minimum atomic E-state index is 0.575. The Morgan fingerprint density at radius 2 is 0.790 bits per heavy atom. The summed E-state index contributed by atoms with van der Waals surface area (Å²) in [5.41, 5.74) is 14.1. The molecule has 2 heterocycles. The van der Waals surface area contributed by atoms with E-state index >= 15 is 0 Å². The highest BCUT2D eigenvalue weighted by Gasteiger charge is 2.23. The lowest BCUT2D eigenvalue weighted by molar-refractivity contribution is 0.669. The summed E-state index contributed by atoms with van der Waals surface area (Å²) < 4.78 is 6.65. The number of para-hydroxylation sites is 1. The Labute approximate surface area is 359 Å². The van der Waals surface area contributed by atoms with Crippen LogP contribution in [0.1, 0.15) is 0 Å². The van der Waals surface area contributed by atoms with Gasteiger partial charge in [-0.25, -0.2) is 15.0 Å². The number of nitrogens with zero attached hydrogens (tertiary/aromatic N) is 4. The number of fused-ring (bicyclic) bond motifs is 3. The highest BCUT2D eigenvalue weighted by atomic mass is 16.3. The molecule has 5 nitrogen and oxygen atoms in total. The normalized spacial score (nSPS) is 11.2. The smallest absolute Gasteiger partial charge is 0.164 e. The first kappa shape index (κ1) is 36.7. The lowest BCUT2D eigenvalue weighted by Crippen LogP contribution is -2.11. The van der Waals surface area contributed by atoms with Crippen molar-refractivity contribution in [3.63, 3.8) is 0 Å². The van der Waals surface area contributed by atoms with Gasteiger partial charge in [0.1, 0.15) is 11.2 Å². The van der Waals surface area contributed by atoms with Gasteiger partial charge in [-0.15, -0.1) is 0 Å². The number of furan rings is 1. The molecule has 0 atom stereocenters. The number of aromatic nitrogens is 3. The summed E-state index contributed by atoms with van der Waals surface area (Å²) in [5.74, 6) is 1.79. The van der Waals surface area contributed by atoms with Crippen LogP contribution in [0.15, 0.2) is 235 Å². The van der Waals surface area contributed by atoms with E-state index in [9.17, 15) is 0 Å². The molecule has 0 fully saturated rings. The Morgan fingerprint density at radius 1 is 0.306 bits per heavy atom. The van der Waals surface area contributed by atoms with E-state index < -0.39 is 0 Å². The van der Waals surface area contributed by atoms with E-state index in [0.717, 1.165) is 89.1 Å². The van der Waals surface area contributed by atoms with Crippen LogP contribution in [0.25, 0.3) is 89.5 Å². The van der Waals surface area contributed by atoms with E-state index in [1.807, 2.05) is 72.8 Å². The van der Waals surface area contributed by atoms with Gasteiger partial charge in [0.25, 0.3) is 0 Å². The van der Waals surface area contributed by atoms with Gasteiger partial charge in [0.15, 0.2) is 17.5 Å². The van der Waals surface area contributed by atoms with Crippen LogP contribution < -0.4 is 4.90 Å². The average Bonchev–Trinajstić information content (AvgIpc) is 3.74. The summed E-state index contributed by atoms with van der Waals surface area (Å²) in [6.07, 6.45) is 0. The summed E-state index contributed by atoms with van der Waals surface area (Å²) in [6.45, 7) is 0. The van der Waals surface area contributed by atoms with Crippen LogP contribution in [0, 0.1) is 0 Å². The number of rotatable bonds is 9. The summed E-state index contributed by atoms with van der Waals surface area (Å²) in [4.78, 5) is 17.6. The minimum Gasteiger partial charge on any atom is -0.456 e. The topological polar surface area (TPSA) is 55.1 Å². The van der Waals surface area contributed by atoms with Crippen LogP contribution in [0.3, 0.4) is 0 Å². The SMILES string of the molecule is c1ccc(-c2cc(-c3ccccc3)cc(N(c3ccc4oc5cccc(-c6nc(-c7ccccc7)nc(-c7ccccc7)n6)c5c4c3)c3ccccc3-c3ccccc3)c2)cc1. The second-order valence-corrected chi connectivity index (χ2v) is 15.2. The van der Waals surface area contributed by atoms with Gasteiger partial charge in [-0.05, 0) is 76.3 Å². The molecule has 0 saturated heterocycles. The fourth-order valence-corrected chi connectivity index (χ4v) is 8.36. The molecule has 0 aliphatic rings. The molecule has 0 aliphatic carbocycles. The zero-order chi connectivity index (χ0) is 41.2. The first-order valence-corrected chi connectivity index (χ1v) is 20.8. The third kappa shape index (κ3) is 6.97. The van der Waals surface area contributed by atoms with E-state index in [2.05, 4.69) is 163 Å². The summed E-state index contributed by atoms with van der Waals surface area (Å²) in [5, 5.41) is 1.90. The largest absolute Gasteiger partial charge is 0.456 e. The van der Waals surface area contributed by atoms with Crippen LogP contribution in [-0.4, -0.2) is 15.0 Å². The molecular formula is C57H38N4O. The number of benzene rings is 9. The molecule has 0 spiro atoms. The molecule has 0 radical (unpaired) electrons. The first-order valence-electron chi connectivity index (χ1n) is 20.8. The van der Waals surface area contributed by atoms with E-state index in [1.165, 1.54) is 0 Å². The Balaban J connectivity index is 1.16. The number of anilines is 3. The first-order chi connectivity index (χ1) is 30.7. The Bertz CT molecular complexity index is 3220. The van der Waals surface area contributed by atoms with Crippen molar-refractivity contribution in [2.45, 2.75) is 0 Å². The molecule has 62 heavy (non-hydrogen) atoms. The van der Waals surface area contributed by atoms with Crippen LogP contribution in [-0.2, 0) is 0 Å². The number of hydrogen-bond donors (Lipinski definition) is 0. The molecule has 0 N–H and O–H groups in total. The van der Waals surface area contributed by atoms with Crippen molar-refractivity contribution in [1.29, 1.82) is 0 Å². The molecule has 2 aromatic heterocycles. The van der Waals surface area contributed by atoms with E-state index in [4.69, 9.17) is 19.4 Å². The van der Waals surface area contributed by atoms with E-state index in [-0.39, 0.29) is 0 Å². The standard InChI is InChI=1S/C57H38N4O/c1-6-19-39(20-7-1)44-35-45(40-21-8-2-9-22-40)37-47(36-44)61(51-31-17-16-29-48(51)41-23-10-3-11-24-41)46-33-34-52-50(38-46)54-49(30-18-32-53(54)62-52)57-59-55(42-25-12-4-13-26-42)58-56(60-57)43-27-14-5-15-28-43/h1-38H. The average molecular weight is 795 g/mol. The maximum atomic E-state index is 6.65. The Hall–Kier alpha value is -8.41. The Kier molecular flexibility index (Phi) is 9.45. The van der Waals surface area contributed by atoms with Crippen molar-refractivity contribution < 1.29 is 4.42 Å². The maximum absolute atomic E-state index is 6.65. The van der Waals surface area contributed by atoms with Crippen molar-refractivity contribution in [3.8, 4) is 67.5 Å². The molecule has 5 heteroatoms. The lowest BCUT2D eigenvalue weighted by atomic mass is 9.96. The highest BCUT2D eigenvalue weighted by molar-refractivity contribution is 6.13. The number of hydrogen-bond acceptors (Lipinski definition) is 5. The predicted octanol–water partition coefficient (Wildman–Crippen LogP) is 15.2. The third-order valence-electron chi connectivity index (χ3n) is 11.3. The van der Waals surface area contributed by atoms with Crippen molar-refractivity contribution >= 4 is 39.0 Å². The van der Waals surface area contributed by atoms with Crippen LogP contribution in [0.4, 0.5) is 17.1 Å². The van der Waals surface area contributed by atoms with Gasteiger partial charge >= 0.3 is 0 Å². The monoisotopic (exact) mass is 794 g/mol. The molecule has 0 aliphatic heterocycles. The van der Waals surface area contributed by atoms with Gasteiger partial charge in [-0.1, -0.05) is 182 Å². The van der Waals surface area contributed by atoms with Gasteiger partial charge in [-0.3, -0.25) is 0 Å². The van der Waals surface area contributed by atoms with Gasteiger partial charge in [-0.2, -0.15) is 0 Å². The van der Waals surface area contributed by atoms with Crippen molar-refractivity contribution in [2.24, 2.45) is 0 Å². The third-order valence-corrected chi connectivity index (χ3v) is 11.3. The second kappa shape index (κ2) is 16.0. The highest BCUT2D eigenvalue weighted by Crippen LogP contribution is 2.46. The molecule has 0 amide bonds. The minimum absolute atomic E-state index is 0.575. The molecule has 11 aromatic rings. The van der Waals surface area contributed by atoms with Gasteiger partial charge in [0.2, 0.25) is 0 Å². The molecule has 11 rings (SSSR count). The fraction of sp³-hybridized carbons (Fsp3) is 0. The van der Waals surface area contributed by atoms with Crippen molar-refractivity contribution in [2.75, 3.05) is 4.90 Å².